The third kappa shape index (κ3) is 4.12. The first-order valence-corrected chi connectivity index (χ1v) is 9.71. The van der Waals surface area contributed by atoms with Gasteiger partial charge in [0.1, 0.15) is 0 Å². The maximum Gasteiger partial charge on any atom is 0.263 e. The van der Waals surface area contributed by atoms with Crippen LogP contribution in [0.1, 0.15) is 11.1 Å². The number of nitrogens with one attached hydrogen (secondary N) is 2. The van der Waals surface area contributed by atoms with Crippen LogP contribution in [-0.4, -0.2) is 13.4 Å². The van der Waals surface area contributed by atoms with Gasteiger partial charge >= 0.3 is 0 Å². The summed E-state index contributed by atoms with van der Waals surface area (Å²) in [5.74, 6) is 0. The van der Waals surface area contributed by atoms with E-state index in [1.54, 1.807) is 35.8 Å². The molecule has 24 heavy (non-hydrogen) atoms. The molecule has 1 heterocycles. The van der Waals surface area contributed by atoms with Gasteiger partial charge in [0.05, 0.1) is 4.90 Å². The molecule has 0 spiro atoms. The number of aromatic nitrogens is 1. The fourth-order valence-electron chi connectivity index (χ4n) is 2.23. The van der Waals surface area contributed by atoms with Crippen molar-refractivity contribution in [2.75, 3.05) is 10.0 Å². The Kier molecular flexibility index (Phi) is 4.82. The molecule has 0 fully saturated rings. The third-order valence-electron chi connectivity index (χ3n) is 3.40. The van der Waals surface area contributed by atoms with Crippen molar-refractivity contribution >= 4 is 32.2 Å². The highest BCUT2D eigenvalue weighted by molar-refractivity contribution is 7.93. The molecule has 3 aromatic rings. The molecule has 3 rings (SSSR count). The van der Waals surface area contributed by atoms with Crippen LogP contribution in [-0.2, 0) is 16.6 Å². The zero-order valence-corrected chi connectivity index (χ0v) is 14.7. The molecular weight excluding hydrogens is 342 g/mol. The van der Waals surface area contributed by atoms with E-state index in [-0.39, 0.29) is 4.90 Å². The monoisotopic (exact) mass is 359 g/mol. The zero-order valence-electron chi connectivity index (χ0n) is 13.1. The van der Waals surface area contributed by atoms with Crippen LogP contribution >= 0.6 is 11.3 Å². The highest BCUT2D eigenvalue weighted by atomic mass is 32.2. The number of hydrogen-bond donors (Lipinski definition) is 2. The maximum atomic E-state index is 12.3. The molecule has 124 valence electrons. The first kappa shape index (κ1) is 16.5. The van der Waals surface area contributed by atoms with E-state index in [0.717, 1.165) is 5.69 Å². The Morgan fingerprint density at radius 2 is 1.92 bits per heavy atom. The number of aryl methyl sites for hydroxylation is 1. The van der Waals surface area contributed by atoms with Gasteiger partial charge in [-0.05, 0) is 36.8 Å². The van der Waals surface area contributed by atoms with Crippen LogP contribution in [0, 0.1) is 6.92 Å². The summed E-state index contributed by atoms with van der Waals surface area (Å²) >= 11 is 1.24. The van der Waals surface area contributed by atoms with Crippen molar-refractivity contribution in [3.05, 3.63) is 71.2 Å². The van der Waals surface area contributed by atoms with Gasteiger partial charge in [0.15, 0.2) is 5.13 Å². The van der Waals surface area contributed by atoms with Crippen LogP contribution in [0.2, 0.25) is 0 Å². The number of anilines is 2. The van der Waals surface area contributed by atoms with E-state index in [0.29, 0.717) is 11.7 Å². The number of hydrogen-bond acceptors (Lipinski definition) is 5. The van der Waals surface area contributed by atoms with Crippen LogP contribution in [0.4, 0.5) is 10.8 Å². The number of sulfonamides is 1. The van der Waals surface area contributed by atoms with Crippen molar-refractivity contribution < 1.29 is 8.42 Å². The van der Waals surface area contributed by atoms with E-state index in [2.05, 4.69) is 40.1 Å². The molecule has 0 atom stereocenters. The summed E-state index contributed by atoms with van der Waals surface area (Å²) in [4.78, 5) is 4.14. The van der Waals surface area contributed by atoms with Crippen molar-refractivity contribution in [2.45, 2.75) is 18.4 Å². The molecule has 2 aromatic carbocycles. The summed E-state index contributed by atoms with van der Waals surface area (Å²) in [5.41, 5.74) is 3.26. The Labute approximate surface area is 145 Å². The Hall–Kier alpha value is -2.38. The SMILES string of the molecule is Cc1cccc(CNc2ccc(S(=O)(=O)Nc3nccs3)cc2)c1. The summed E-state index contributed by atoms with van der Waals surface area (Å²) in [7, 11) is -3.60. The summed E-state index contributed by atoms with van der Waals surface area (Å²) < 4.78 is 27.0. The topological polar surface area (TPSA) is 71.1 Å². The Morgan fingerprint density at radius 3 is 2.58 bits per heavy atom. The minimum absolute atomic E-state index is 0.207. The highest BCUT2D eigenvalue weighted by Gasteiger charge is 2.15. The summed E-state index contributed by atoms with van der Waals surface area (Å²) in [5, 5.41) is 5.36. The Bertz CT molecular complexity index is 905. The van der Waals surface area contributed by atoms with E-state index < -0.39 is 10.0 Å². The molecule has 0 amide bonds. The minimum Gasteiger partial charge on any atom is -0.381 e. The Morgan fingerprint density at radius 1 is 1.12 bits per heavy atom. The van der Waals surface area contributed by atoms with Crippen molar-refractivity contribution in [3.63, 3.8) is 0 Å². The fraction of sp³-hybridized carbons (Fsp3) is 0.118. The first-order chi connectivity index (χ1) is 11.5. The number of thiazole rings is 1. The standard InChI is InChI=1S/C17H17N3O2S2/c1-13-3-2-4-14(11-13)12-19-15-5-7-16(8-6-15)24(21,22)20-17-18-9-10-23-17/h2-11,19H,12H2,1H3,(H,18,20). The fourth-order valence-corrected chi connectivity index (χ4v) is 4.01. The van der Waals surface area contributed by atoms with E-state index >= 15 is 0 Å². The van der Waals surface area contributed by atoms with Gasteiger partial charge in [-0.1, -0.05) is 29.8 Å². The predicted molar refractivity (Wildman–Crippen MR) is 97.9 cm³/mol. The summed E-state index contributed by atoms with van der Waals surface area (Å²) in [6.07, 6.45) is 1.56. The average Bonchev–Trinajstić information content (AvgIpc) is 3.06. The van der Waals surface area contributed by atoms with Crippen molar-refractivity contribution in [1.82, 2.24) is 4.98 Å². The van der Waals surface area contributed by atoms with Gasteiger partial charge in [-0.15, -0.1) is 11.3 Å². The second-order valence-corrected chi connectivity index (χ2v) is 7.89. The molecule has 0 unspecified atom stereocenters. The van der Waals surface area contributed by atoms with Crippen molar-refractivity contribution in [3.8, 4) is 0 Å². The van der Waals surface area contributed by atoms with Gasteiger partial charge in [-0.3, -0.25) is 4.72 Å². The minimum atomic E-state index is -3.60. The molecule has 1 aromatic heterocycles. The lowest BCUT2D eigenvalue weighted by Crippen LogP contribution is -2.12. The quantitative estimate of drug-likeness (QED) is 0.701. The van der Waals surface area contributed by atoms with Gasteiger partial charge < -0.3 is 5.32 Å². The zero-order chi connectivity index (χ0) is 17.0. The lowest BCUT2D eigenvalue weighted by molar-refractivity contribution is 0.601. The summed E-state index contributed by atoms with van der Waals surface area (Å²) in [6.45, 7) is 2.74. The lowest BCUT2D eigenvalue weighted by Gasteiger charge is -2.09. The largest absolute Gasteiger partial charge is 0.381 e. The summed E-state index contributed by atoms with van der Waals surface area (Å²) in [6, 6.07) is 14.9. The van der Waals surface area contributed by atoms with Gasteiger partial charge in [-0.25, -0.2) is 13.4 Å². The van der Waals surface area contributed by atoms with E-state index in [4.69, 9.17) is 0 Å². The molecule has 2 N–H and O–H groups in total. The average molecular weight is 359 g/mol. The van der Waals surface area contributed by atoms with Crippen molar-refractivity contribution in [1.29, 1.82) is 0 Å². The van der Waals surface area contributed by atoms with Crippen LogP contribution in [0.3, 0.4) is 0 Å². The molecule has 0 saturated heterocycles. The molecule has 0 aliphatic carbocycles. The van der Waals surface area contributed by atoms with E-state index in [1.807, 2.05) is 6.07 Å². The van der Waals surface area contributed by atoms with Crippen LogP contribution in [0.25, 0.3) is 0 Å². The van der Waals surface area contributed by atoms with E-state index in [1.165, 1.54) is 22.5 Å². The molecule has 5 nitrogen and oxygen atoms in total. The molecule has 0 aliphatic heterocycles. The lowest BCUT2D eigenvalue weighted by atomic mass is 10.1. The second kappa shape index (κ2) is 7.02. The van der Waals surface area contributed by atoms with Gasteiger partial charge in [0.25, 0.3) is 10.0 Å². The molecule has 0 bridgehead atoms. The van der Waals surface area contributed by atoms with Gasteiger partial charge in [-0.2, -0.15) is 0 Å². The van der Waals surface area contributed by atoms with Crippen molar-refractivity contribution in [2.24, 2.45) is 0 Å². The highest BCUT2D eigenvalue weighted by Crippen LogP contribution is 2.20. The van der Waals surface area contributed by atoms with Crippen LogP contribution in [0.15, 0.2) is 65.0 Å². The number of nitrogens with zero attached hydrogens (tertiary/aromatic N) is 1. The smallest absolute Gasteiger partial charge is 0.263 e. The van der Waals surface area contributed by atoms with Gasteiger partial charge in [0.2, 0.25) is 0 Å². The molecule has 7 heteroatoms. The molecule has 0 aliphatic rings. The molecular formula is C17H17N3O2S2. The first-order valence-electron chi connectivity index (χ1n) is 7.35. The Balaban J connectivity index is 1.66. The second-order valence-electron chi connectivity index (χ2n) is 5.31. The normalized spacial score (nSPS) is 11.2. The van der Waals surface area contributed by atoms with E-state index in [9.17, 15) is 8.42 Å². The maximum absolute atomic E-state index is 12.3. The predicted octanol–water partition coefficient (Wildman–Crippen LogP) is 3.86. The third-order valence-corrected chi connectivity index (χ3v) is 5.57. The molecule has 0 radical (unpaired) electrons. The number of rotatable bonds is 6. The van der Waals surface area contributed by atoms with Crippen LogP contribution < -0.4 is 10.0 Å². The molecule has 0 saturated carbocycles. The number of benzene rings is 2. The van der Waals surface area contributed by atoms with Crippen LogP contribution in [0.5, 0.6) is 0 Å². The van der Waals surface area contributed by atoms with Gasteiger partial charge in [0, 0.05) is 23.8 Å².